The number of aryl methyl sites for hydroxylation is 2. The van der Waals surface area contributed by atoms with E-state index >= 15 is 0 Å². The number of hydrogen-bond donors (Lipinski definition) is 1. The number of thioether (sulfide) groups is 2. The quantitative estimate of drug-likeness (QED) is 0.543. The van der Waals surface area contributed by atoms with Crippen molar-refractivity contribution in [2.24, 2.45) is 0 Å². The van der Waals surface area contributed by atoms with Crippen LogP contribution >= 0.6 is 23.5 Å². The predicted octanol–water partition coefficient (Wildman–Crippen LogP) is 4.78. The van der Waals surface area contributed by atoms with Gasteiger partial charge in [-0.15, -0.1) is 23.5 Å². The van der Waals surface area contributed by atoms with E-state index in [1.54, 1.807) is 23.5 Å². The van der Waals surface area contributed by atoms with Crippen LogP contribution in [0.15, 0.2) is 47.4 Å². The lowest BCUT2D eigenvalue weighted by atomic mass is 10.1. The lowest BCUT2D eigenvalue weighted by Crippen LogP contribution is -2.15. The first-order valence-corrected chi connectivity index (χ1v) is 10.2. The monoisotopic (exact) mass is 361 g/mol. The van der Waals surface area contributed by atoms with Gasteiger partial charge in [-0.1, -0.05) is 12.1 Å². The van der Waals surface area contributed by atoms with Crippen LogP contribution in [0.5, 0.6) is 5.75 Å². The van der Waals surface area contributed by atoms with E-state index < -0.39 is 0 Å². The van der Waals surface area contributed by atoms with Crippen molar-refractivity contribution in [1.82, 2.24) is 0 Å². The second-order valence-corrected chi connectivity index (χ2v) is 7.49. The summed E-state index contributed by atoms with van der Waals surface area (Å²) in [5.74, 6) is 2.13. The number of anilines is 1. The number of amides is 1. The predicted molar refractivity (Wildman–Crippen MR) is 106 cm³/mol. The second-order valence-electron chi connectivity index (χ2n) is 5.50. The van der Waals surface area contributed by atoms with E-state index in [9.17, 15) is 4.79 Å². The molecule has 0 radical (unpaired) electrons. The van der Waals surface area contributed by atoms with Gasteiger partial charge in [-0.2, -0.15) is 0 Å². The fourth-order valence-electron chi connectivity index (χ4n) is 2.30. The minimum Gasteiger partial charge on any atom is -0.493 e. The van der Waals surface area contributed by atoms with E-state index in [-0.39, 0.29) is 5.91 Å². The van der Waals surface area contributed by atoms with Gasteiger partial charge in [0.05, 0.1) is 12.4 Å². The number of benzene rings is 2. The normalized spacial score (nSPS) is 10.5. The van der Waals surface area contributed by atoms with Crippen molar-refractivity contribution in [2.45, 2.75) is 18.7 Å². The van der Waals surface area contributed by atoms with Gasteiger partial charge in [-0.25, -0.2) is 0 Å². The van der Waals surface area contributed by atoms with Crippen LogP contribution in [0.3, 0.4) is 0 Å². The Morgan fingerprint density at radius 3 is 2.58 bits per heavy atom. The maximum atomic E-state index is 12.0. The summed E-state index contributed by atoms with van der Waals surface area (Å²) in [6.07, 6.45) is 2.02. The molecule has 2 rings (SSSR count). The molecule has 24 heavy (non-hydrogen) atoms. The molecule has 0 spiro atoms. The minimum atomic E-state index is 0.0182. The maximum Gasteiger partial charge on any atom is 0.234 e. The van der Waals surface area contributed by atoms with Gasteiger partial charge in [0.1, 0.15) is 5.75 Å². The highest BCUT2D eigenvalue weighted by Crippen LogP contribution is 2.19. The third kappa shape index (κ3) is 6.49. The molecule has 0 aliphatic heterocycles. The van der Waals surface area contributed by atoms with Crippen LogP contribution in [0.1, 0.15) is 11.1 Å². The molecule has 128 valence electrons. The molecule has 0 saturated heterocycles. The van der Waals surface area contributed by atoms with E-state index in [4.69, 9.17) is 4.74 Å². The summed E-state index contributed by atoms with van der Waals surface area (Å²) in [6.45, 7) is 4.72. The lowest BCUT2D eigenvalue weighted by Gasteiger charge is -2.09. The van der Waals surface area contributed by atoms with Crippen LogP contribution in [0.2, 0.25) is 0 Å². The van der Waals surface area contributed by atoms with Gasteiger partial charge in [-0.3, -0.25) is 4.79 Å². The zero-order chi connectivity index (χ0) is 17.4. The molecule has 1 amide bonds. The van der Waals surface area contributed by atoms with E-state index in [0.29, 0.717) is 12.4 Å². The Morgan fingerprint density at radius 1 is 1.12 bits per heavy atom. The fourth-order valence-corrected chi connectivity index (χ4v) is 3.36. The Labute approximate surface area is 152 Å². The first-order chi connectivity index (χ1) is 11.6. The van der Waals surface area contributed by atoms with E-state index in [1.807, 2.05) is 42.7 Å². The first-order valence-electron chi connectivity index (χ1n) is 7.79. The number of hydrogen-bond acceptors (Lipinski definition) is 4. The van der Waals surface area contributed by atoms with Crippen molar-refractivity contribution in [3.05, 3.63) is 53.6 Å². The molecule has 0 saturated carbocycles. The van der Waals surface area contributed by atoms with E-state index in [0.717, 1.165) is 22.1 Å². The number of nitrogens with one attached hydrogen (secondary N) is 1. The fraction of sp³-hybridized carbons (Fsp3) is 0.316. The zero-order valence-electron chi connectivity index (χ0n) is 14.3. The molecule has 0 unspecified atom stereocenters. The zero-order valence-corrected chi connectivity index (χ0v) is 15.9. The summed E-state index contributed by atoms with van der Waals surface area (Å²) in [4.78, 5) is 13.1. The molecule has 0 heterocycles. The first kappa shape index (κ1) is 18.7. The van der Waals surface area contributed by atoms with Crippen molar-refractivity contribution < 1.29 is 9.53 Å². The number of rotatable bonds is 8. The SMILES string of the molecule is CSc1cccc(NC(=O)CSCCOc2cc(C)cc(C)c2)c1. The van der Waals surface area contributed by atoms with Gasteiger partial charge < -0.3 is 10.1 Å². The molecular formula is C19H23NO2S2. The summed E-state index contributed by atoms with van der Waals surface area (Å²) in [6, 6.07) is 14.1. The molecule has 2 aromatic carbocycles. The second kappa shape index (κ2) is 9.64. The van der Waals surface area contributed by atoms with Crippen molar-refractivity contribution in [3.63, 3.8) is 0 Å². The lowest BCUT2D eigenvalue weighted by molar-refractivity contribution is -0.113. The third-order valence-electron chi connectivity index (χ3n) is 3.28. The van der Waals surface area contributed by atoms with Crippen molar-refractivity contribution in [2.75, 3.05) is 29.7 Å². The molecule has 0 aliphatic carbocycles. The average Bonchev–Trinajstić information content (AvgIpc) is 2.54. The molecule has 3 nitrogen and oxygen atoms in total. The summed E-state index contributed by atoms with van der Waals surface area (Å²) in [7, 11) is 0. The summed E-state index contributed by atoms with van der Waals surface area (Å²) >= 11 is 3.24. The minimum absolute atomic E-state index is 0.0182. The Kier molecular flexibility index (Phi) is 7.53. The molecule has 2 aromatic rings. The number of carbonyl (C=O) groups excluding carboxylic acids is 1. The largest absolute Gasteiger partial charge is 0.493 e. The van der Waals surface area contributed by atoms with Crippen molar-refractivity contribution in [1.29, 1.82) is 0 Å². The van der Waals surface area contributed by atoms with Gasteiger partial charge in [0.15, 0.2) is 0 Å². The van der Waals surface area contributed by atoms with Crippen molar-refractivity contribution >= 4 is 35.1 Å². The maximum absolute atomic E-state index is 12.0. The van der Waals surface area contributed by atoms with Crippen molar-refractivity contribution in [3.8, 4) is 5.75 Å². The van der Waals surface area contributed by atoms with Gasteiger partial charge in [0.2, 0.25) is 5.91 Å². The van der Waals surface area contributed by atoms with Gasteiger partial charge in [-0.05, 0) is 61.6 Å². The average molecular weight is 362 g/mol. The standard InChI is InChI=1S/C19H23NO2S2/c1-14-9-15(2)11-17(10-14)22-7-8-24-13-19(21)20-16-5-4-6-18(12-16)23-3/h4-6,9-12H,7-8,13H2,1-3H3,(H,20,21). The molecule has 1 N–H and O–H groups in total. The van der Waals surface area contributed by atoms with Gasteiger partial charge in [0.25, 0.3) is 0 Å². The molecule has 0 fully saturated rings. The van der Waals surface area contributed by atoms with Crippen LogP contribution in [0.4, 0.5) is 5.69 Å². The van der Waals surface area contributed by atoms with Crippen LogP contribution in [-0.4, -0.2) is 30.3 Å². The Hall–Kier alpha value is -1.59. The van der Waals surface area contributed by atoms with Crippen LogP contribution in [-0.2, 0) is 4.79 Å². The van der Waals surface area contributed by atoms with Crippen LogP contribution in [0, 0.1) is 13.8 Å². The summed E-state index contributed by atoms with van der Waals surface area (Å²) < 4.78 is 5.74. The summed E-state index contributed by atoms with van der Waals surface area (Å²) in [5, 5.41) is 2.93. The van der Waals surface area contributed by atoms with Gasteiger partial charge in [0, 0.05) is 16.3 Å². The van der Waals surface area contributed by atoms with E-state index in [1.165, 1.54) is 11.1 Å². The summed E-state index contributed by atoms with van der Waals surface area (Å²) in [5.41, 5.74) is 3.24. The molecule has 0 bridgehead atoms. The highest BCUT2D eigenvalue weighted by Gasteiger charge is 2.04. The topological polar surface area (TPSA) is 38.3 Å². The molecule has 0 aromatic heterocycles. The smallest absolute Gasteiger partial charge is 0.234 e. The Bertz CT molecular complexity index is 669. The van der Waals surface area contributed by atoms with E-state index in [2.05, 4.69) is 25.2 Å². The molecule has 0 aliphatic rings. The number of ether oxygens (including phenoxy) is 1. The molecule has 0 atom stereocenters. The Balaban J connectivity index is 1.67. The Morgan fingerprint density at radius 2 is 1.88 bits per heavy atom. The van der Waals surface area contributed by atoms with Crippen LogP contribution < -0.4 is 10.1 Å². The number of carbonyl (C=O) groups is 1. The highest BCUT2D eigenvalue weighted by molar-refractivity contribution is 8.00. The van der Waals surface area contributed by atoms with Crippen LogP contribution in [0.25, 0.3) is 0 Å². The highest BCUT2D eigenvalue weighted by atomic mass is 32.2. The van der Waals surface area contributed by atoms with Gasteiger partial charge >= 0.3 is 0 Å². The molecular weight excluding hydrogens is 338 g/mol. The molecule has 5 heteroatoms. The third-order valence-corrected chi connectivity index (χ3v) is 4.93.